The zero-order valence-electron chi connectivity index (χ0n) is 16.7. The Morgan fingerprint density at radius 1 is 0.871 bits per heavy atom. The van der Waals surface area contributed by atoms with Crippen LogP contribution in [0.15, 0.2) is 95.9 Å². The first-order valence-corrected chi connectivity index (χ1v) is 11.7. The van der Waals surface area contributed by atoms with E-state index in [0.29, 0.717) is 23.6 Å². The number of aromatic nitrogens is 3. The normalized spacial score (nSPS) is 12.5. The molecule has 0 unspecified atom stereocenters. The molecule has 31 heavy (non-hydrogen) atoms. The van der Waals surface area contributed by atoms with Gasteiger partial charge in [-0.25, -0.2) is 13.1 Å². The van der Waals surface area contributed by atoms with Gasteiger partial charge in [-0.15, -0.1) is 0 Å². The molecule has 0 bridgehead atoms. The van der Waals surface area contributed by atoms with Gasteiger partial charge in [0.25, 0.3) is 0 Å². The maximum absolute atomic E-state index is 13.1. The Bertz CT molecular complexity index is 1290. The minimum absolute atomic E-state index is 0.205. The molecule has 0 aliphatic heterocycles. The van der Waals surface area contributed by atoms with Gasteiger partial charge in [0.05, 0.1) is 17.5 Å². The van der Waals surface area contributed by atoms with Gasteiger partial charge in [0.2, 0.25) is 10.0 Å². The number of sulfonamides is 1. The van der Waals surface area contributed by atoms with Gasteiger partial charge in [0.1, 0.15) is 5.82 Å². The molecule has 0 amide bonds. The second kappa shape index (κ2) is 9.38. The third-order valence-electron chi connectivity index (χ3n) is 4.92. The van der Waals surface area contributed by atoms with Crippen molar-refractivity contribution in [3.63, 3.8) is 0 Å². The number of hydrogen-bond donors (Lipinski definition) is 2. The molecule has 8 heteroatoms. The van der Waals surface area contributed by atoms with Crippen LogP contribution in [0.4, 0.5) is 0 Å². The van der Waals surface area contributed by atoms with Crippen LogP contribution in [0.2, 0.25) is 0 Å². The van der Waals surface area contributed by atoms with Gasteiger partial charge >= 0.3 is 0 Å². The summed E-state index contributed by atoms with van der Waals surface area (Å²) in [5.41, 5.74) is 2.04. The average molecular weight is 451 g/mol. The van der Waals surface area contributed by atoms with Crippen LogP contribution in [0.3, 0.4) is 0 Å². The second-order valence-corrected chi connectivity index (χ2v) is 9.24. The predicted molar refractivity (Wildman–Crippen MR) is 123 cm³/mol. The van der Waals surface area contributed by atoms with Crippen LogP contribution in [0, 0.1) is 4.77 Å². The van der Waals surface area contributed by atoms with Gasteiger partial charge < -0.3 is 0 Å². The highest BCUT2D eigenvalue weighted by molar-refractivity contribution is 7.89. The van der Waals surface area contributed by atoms with E-state index in [9.17, 15) is 8.42 Å². The van der Waals surface area contributed by atoms with Gasteiger partial charge in [0, 0.05) is 0 Å². The topological polar surface area (TPSA) is 79.8 Å². The van der Waals surface area contributed by atoms with Crippen molar-refractivity contribution < 1.29 is 8.42 Å². The van der Waals surface area contributed by atoms with Crippen molar-refractivity contribution in [1.82, 2.24) is 19.5 Å². The Hall–Kier alpha value is -3.07. The molecule has 1 heterocycles. The highest BCUT2D eigenvalue weighted by Crippen LogP contribution is 2.21. The van der Waals surface area contributed by atoms with E-state index < -0.39 is 16.1 Å². The van der Waals surface area contributed by atoms with Crippen LogP contribution in [-0.2, 0) is 23.0 Å². The van der Waals surface area contributed by atoms with E-state index in [-0.39, 0.29) is 4.90 Å². The summed E-state index contributed by atoms with van der Waals surface area (Å²) in [5, 5.41) is 7.24. The molecule has 1 aromatic heterocycles. The first kappa shape index (κ1) is 21.2. The van der Waals surface area contributed by atoms with Crippen molar-refractivity contribution in [2.45, 2.75) is 23.9 Å². The summed E-state index contributed by atoms with van der Waals surface area (Å²) in [6, 6.07) is 27.3. The molecule has 2 N–H and O–H groups in total. The van der Waals surface area contributed by atoms with Crippen LogP contribution in [0.1, 0.15) is 23.0 Å². The number of nitrogens with one attached hydrogen (secondary N) is 2. The smallest absolute Gasteiger partial charge is 0.241 e. The van der Waals surface area contributed by atoms with E-state index in [1.165, 1.54) is 0 Å². The number of aromatic amines is 1. The van der Waals surface area contributed by atoms with Gasteiger partial charge in [-0.05, 0) is 41.9 Å². The molecule has 0 spiro atoms. The highest BCUT2D eigenvalue weighted by atomic mass is 32.2. The summed E-state index contributed by atoms with van der Waals surface area (Å²) in [6.07, 6.45) is 0.432. The van der Waals surface area contributed by atoms with Crippen molar-refractivity contribution >= 4 is 22.2 Å². The molecule has 6 nitrogen and oxygen atoms in total. The van der Waals surface area contributed by atoms with Crippen LogP contribution >= 0.6 is 12.2 Å². The lowest BCUT2D eigenvalue weighted by Gasteiger charge is -2.19. The fraction of sp³-hybridized carbons (Fsp3) is 0.130. The van der Waals surface area contributed by atoms with Crippen LogP contribution in [0.5, 0.6) is 0 Å². The number of rotatable bonds is 8. The van der Waals surface area contributed by atoms with E-state index in [0.717, 1.165) is 11.1 Å². The third kappa shape index (κ3) is 5.16. The van der Waals surface area contributed by atoms with E-state index in [4.69, 9.17) is 12.2 Å². The Labute approximate surface area is 186 Å². The van der Waals surface area contributed by atoms with Crippen LogP contribution < -0.4 is 4.72 Å². The molecule has 0 aliphatic carbocycles. The molecule has 0 aliphatic rings. The molecule has 3 aromatic carbocycles. The molecular formula is C23H22N4O2S2. The Morgan fingerprint density at radius 3 is 2.03 bits per heavy atom. The maximum Gasteiger partial charge on any atom is 0.241 e. The van der Waals surface area contributed by atoms with Gasteiger partial charge in [0.15, 0.2) is 4.77 Å². The lowest BCUT2D eigenvalue weighted by Crippen LogP contribution is -2.32. The Morgan fingerprint density at radius 2 is 1.42 bits per heavy atom. The number of hydrogen-bond acceptors (Lipinski definition) is 4. The second-order valence-electron chi connectivity index (χ2n) is 7.14. The number of benzene rings is 3. The quantitative estimate of drug-likeness (QED) is 0.393. The molecule has 0 saturated carbocycles. The average Bonchev–Trinajstić information content (AvgIpc) is 3.15. The fourth-order valence-corrected chi connectivity index (χ4v) is 4.82. The van der Waals surface area contributed by atoms with Crippen LogP contribution in [-0.4, -0.2) is 23.2 Å². The van der Waals surface area contributed by atoms with Crippen LogP contribution in [0.25, 0.3) is 0 Å². The Balaban J connectivity index is 1.72. The minimum Gasteiger partial charge on any atom is -0.298 e. The fourth-order valence-electron chi connectivity index (χ4n) is 3.41. The lowest BCUT2D eigenvalue weighted by atomic mass is 10.1. The third-order valence-corrected chi connectivity index (χ3v) is 6.72. The van der Waals surface area contributed by atoms with E-state index in [2.05, 4.69) is 14.9 Å². The number of H-pyrrole nitrogens is 1. The van der Waals surface area contributed by atoms with E-state index >= 15 is 0 Å². The molecule has 158 valence electrons. The van der Waals surface area contributed by atoms with Crippen molar-refractivity contribution in [3.05, 3.63) is 113 Å². The largest absolute Gasteiger partial charge is 0.298 e. The maximum atomic E-state index is 13.1. The zero-order valence-corrected chi connectivity index (χ0v) is 18.3. The van der Waals surface area contributed by atoms with Crippen molar-refractivity contribution in [2.24, 2.45) is 0 Å². The van der Waals surface area contributed by atoms with Gasteiger partial charge in [-0.2, -0.15) is 5.10 Å². The lowest BCUT2D eigenvalue weighted by molar-refractivity contribution is 0.527. The molecular weight excluding hydrogens is 428 g/mol. The van der Waals surface area contributed by atoms with Crippen molar-refractivity contribution in [1.29, 1.82) is 0 Å². The van der Waals surface area contributed by atoms with Gasteiger partial charge in [-0.3, -0.25) is 9.67 Å². The number of nitrogens with zero attached hydrogens (tertiary/aromatic N) is 2. The van der Waals surface area contributed by atoms with Crippen molar-refractivity contribution in [2.75, 3.05) is 0 Å². The Kier molecular flexibility index (Phi) is 6.41. The standard InChI is InChI=1S/C23H22N4O2S2/c28-31(29,20-14-8-3-9-15-20)26-21(16-18-10-4-1-5-11-18)22-24-25-23(30)27(22)17-19-12-6-2-7-13-19/h1-15,21,26H,16-17H2,(H,25,30)/t21-/m0/s1. The monoisotopic (exact) mass is 450 g/mol. The first-order valence-electron chi connectivity index (χ1n) is 9.83. The minimum atomic E-state index is -3.76. The van der Waals surface area contributed by atoms with Crippen molar-refractivity contribution in [3.8, 4) is 0 Å². The predicted octanol–water partition coefficient (Wildman–Crippen LogP) is 4.25. The summed E-state index contributed by atoms with van der Waals surface area (Å²) in [5.74, 6) is 0.539. The molecule has 1 atom stereocenters. The van der Waals surface area contributed by atoms with E-state index in [1.807, 2.05) is 65.2 Å². The molecule has 0 fully saturated rings. The summed E-state index contributed by atoms with van der Waals surface area (Å²) < 4.78 is 31.3. The molecule has 4 aromatic rings. The molecule has 4 rings (SSSR count). The summed E-state index contributed by atoms with van der Waals surface area (Å²) in [4.78, 5) is 0.205. The summed E-state index contributed by atoms with van der Waals surface area (Å²) in [6.45, 7) is 0.490. The molecule has 0 radical (unpaired) electrons. The first-order chi connectivity index (χ1) is 15.0. The zero-order chi connectivity index (χ0) is 21.7. The molecule has 0 saturated heterocycles. The summed E-state index contributed by atoms with van der Waals surface area (Å²) >= 11 is 5.46. The SMILES string of the molecule is O=S(=O)(N[C@@H](Cc1ccccc1)c1n[nH]c(=S)n1Cc1ccccc1)c1ccccc1. The summed E-state index contributed by atoms with van der Waals surface area (Å²) in [7, 11) is -3.76. The highest BCUT2D eigenvalue weighted by Gasteiger charge is 2.26. The van der Waals surface area contributed by atoms with E-state index in [1.54, 1.807) is 30.3 Å². The van der Waals surface area contributed by atoms with Gasteiger partial charge in [-0.1, -0.05) is 78.9 Å².